The summed E-state index contributed by atoms with van der Waals surface area (Å²) in [7, 11) is 1.75. The van der Waals surface area contributed by atoms with E-state index in [0.717, 1.165) is 5.75 Å². The second-order valence-electron chi connectivity index (χ2n) is 5.24. The molecule has 1 aromatic carbocycles. The van der Waals surface area contributed by atoms with Gasteiger partial charge in [0, 0.05) is 0 Å². The number of methoxy groups -OCH3 is 1. The van der Waals surface area contributed by atoms with Gasteiger partial charge in [-0.3, -0.25) is 0 Å². The molecule has 2 heteroatoms. The van der Waals surface area contributed by atoms with Crippen LogP contribution >= 0.6 is 0 Å². The van der Waals surface area contributed by atoms with E-state index in [9.17, 15) is 0 Å². The lowest BCUT2D eigenvalue weighted by Gasteiger charge is -2.33. The van der Waals surface area contributed by atoms with Crippen molar-refractivity contribution in [2.45, 2.75) is 25.7 Å². The Morgan fingerprint density at radius 2 is 1.88 bits per heavy atom. The highest BCUT2D eigenvalue weighted by atomic mass is 16.5. The number of rotatable bonds is 1. The molecule has 0 bridgehead atoms. The Hall–Kier alpha value is -1.02. The fourth-order valence-electron chi connectivity index (χ4n) is 3.25. The summed E-state index contributed by atoms with van der Waals surface area (Å²) in [6, 6.07) is 6.58. The highest BCUT2D eigenvalue weighted by Gasteiger charge is 2.37. The fraction of sp³-hybridized carbons (Fsp3) is 0.571. The summed E-state index contributed by atoms with van der Waals surface area (Å²) in [6.45, 7) is 2.37. The van der Waals surface area contributed by atoms with Crippen molar-refractivity contribution in [3.63, 3.8) is 0 Å². The van der Waals surface area contributed by atoms with Gasteiger partial charge in [-0.1, -0.05) is 6.07 Å². The molecule has 16 heavy (non-hydrogen) atoms. The molecule has 1 aliphatic heterocycles. The van der Waals surface area contributed by atoms with Crippen LogP contribution in [-0.2, 0) is 12.8 Å². The van der Waals surface area contributed by atoms with Crippen molar-refractivity contribution in [2.24, 2.45) is 5.41 Å². The second kappa shape index (κ2) is 3.77. The summed E-state index contributed by atoms with van der Waals surface area (Å²) >= 11 is 0. The zero-order valence-corrected chi connectivity index (χ0v) is 9.88. The molecule has 1 fully saturated rings. The van der Waals surface area contributed by atoms with Gasteiger partial charge in [-0.25, -0.2) is 0 Å². The van der Waals surface area contributed by atoms with Crippen molar-refractivity contribution < 1.29 is 4.74 Å². The molecule has 1 N–H and O–H groups in total. The Morgan fingerprint density at radius 3 is 2.62 bits per heavy atom. The third-order valence-electron chi connectivity index (χ3n) is 4.21. The summed E-state index contributed by atoms with van der Waals surface area (Å²) in [4.78, 5) is 0. The van der Waals surface area contributed by atoms with E-state index >= 15 is 0 Å². The molecule has 1 heterocycles. The van der Waals surface area contributed by atoms with Gasteiger partial charge in [0.05, 0.1) is 7.11 Å². The number of nitrogens with one attached hydrogen (secondary N) is 1. The molecular formula is C14H19NO. The highest BCUT2D eigenvalue weighted by Crippen LogP contribution is 2.44. The Labute approximate surface area is 97.0 Å². The van der Waals surface area contributed by atoms with Crippen LogP contribution in [0, 0.1) is 5.41 Å². The predicted molar refractivity (Wildman–Crippen MR) is 64.9 cm³/mol. The lowest BCUT2D eigenvalue weighted by Crippen LogP contribution is -2.37. The lowest BCUT2D eigenvalue weighted by atomic mass is 9.76. The highest BCUT2D eigenvalue weighted by molar-refractivity contribution is 5.40. The molecule has 1 saturated heterocycles. The molecule has 2 aliphatic rings. The fourth-order valence-corrected chi connectivity index (χ4v) is 3.25. The van der Waals surface area contributed by atoms with Gasteiger partial charge in [-0.05, 0) is 67.4 Å². The van der Waals surface area contributed by atoms with E-state index in [0.29, 0.717) is 5.41 Å². The number of fused-ring (bicyclic) bond motifs is 1. The Morgan fingerprint density at radius 1 is 1.12 bits per heavy atom. The van der Waals surface area contributed by atoms with Crippen LogP contribution in [-0.4, -0.2) is 20.2 Å². The quantitative estimate of drug-likeness (QED) is 0.778. The first-order valence-corrected chi connectivity index (χ1v) is 6.18. The molecule has 0 radical (unpaired) electrons. The van der Waals surface area contributed by atoms with Crippen molar-refractivity contribution in [1.82, 2.24) is 5.32 Å². The SMILES string of the molecule is COc1ccc2c(c1)CC1(CCNCC1)C2. The Bertz CT molecular complexity index is 394. The van der Waals surface area contributed by atoms with Gasteiger partial charge in [0.2, 0.25) is 0 Å². The van der Waals surface area contributed by atoms with E-state index in [1.54, 1.807) is 12.7 Å². The molecule has 3 rings (SSSR count). The maximum Gasteiger partial charge on any atom is 0.119 e. The summed E-state index contributed by atoms with van der Waals surface area (Å²) in [5, 5.41) is 3.46. The van der Waals surface area contributed by atoms with Gasteiger partial charge in [-0.15, -0.1) is 0 Å². The lowest BCUT2D eigenvalue weighted by molar-refractivity contribution is 0.216. The van der Waals surface area contributed by atoms with Crippen LogP contribution in [0.25, 0.3) is 0 Å². The molecule has 1 aromatic rings. The van der Waals surface area contributed by atoms with E-state index in [1.165, 1.54) is 44.3 Å². The van der Waals surface area contributed by atoms with E-state index in [2.05, 4.69) is 23.5 Å². The summed E-state index contributed by atoms with van der Waals surface area (Å²) in [6.07, 6.45) is 5.17. The van der Waals surface area contributed by atoms with Crippen molar-refractivity contribution >= 4 is 0 Å². The molecule has 0 atom stereocenters. The van der Waals surface area contributed by atoms with Crippen LogP contribution in [0.3, 0.4) is 0 Å². The van der Waals surface area contributed by atoms with E-state index in [-0.39, 0.29) is 0 Å². The molecule has 0 aromatic heterocycles. The maximum absolute atomic E-state index is 5.30. The summed E-state index contributed by atoms with van der Waals surface area (Å²) in [5.41, 5.74) is 3.61. The van der Waals surface area contributed by atoms with Gasteiger partial charge >= 0.3 is 0 Å². The third kappa shape index (κ3) is 1.61. The molecule has 0 saturated carbocycles. The normalized spacial score (nSPS) is 22.1. The van der Waals surface area contributed by atoms with E-state index < -0.39 is 0 Å². The largest absolute Gasteiger partial charge is 0.497 e. The minimum Gasteiger partial charge on any atom is -0.497 e. The number of piperidine rings is 1. The van der Waals surface area contributed by atoms with Crippen LogP contribution in [0.1, 0.15) is 24.0 Å². The minimum atomic E-state index is 0.556. The number of hydrogen-bond donors (Lipinski definition) is 1. The van der Waals surface area contributed by atoms with E-state index in [4.69, 9.17) is 4.74 Å². The second-order valence-corrected chi connectivity index (χ2v) is 5.24. The molecule has 86 valence electrons. The third-order valence-corrected chi connectivity index (χ3v) is 4.21. The zero-order valence-electron chi connectivity index (χ0n) is 9.88. The average Bonchev–Trinajstić information content (AvgIpc) is 2.66. The standard InChI is InChI=1S/C14H19NO/c1-16-13-3-2-11-9-14(10-12(11)8-13)4-6-15-7-5-14/h2-3,8,15H,4-7,9-10H2,1H3. The predicted octanol–water partition coefficient (Wildman–Crippen LogP) is 2.16. The molecular weight excluding hydrogens is 198 g/mol. The first-order chi connectivity index (χ1) is 7.81. The van der Waals surface area contributed by atoms with Crippen molar-refractivity contribution in [2.75, 3.05) is 20.2 Å². The van der Waals surface area contributed by atoms with Crippen molar-refractivity contribution in [3.8, 4) is 5.75 Å². The van der Waals surface area contributed by atoms with Gasteiger partial charge in [0.25, 0.3) is 0 Å². The smallest absolute Gasteiger partial charge is 0.119 e. The van der Waals surface area contributed by atoms with Crippen LogP contribution in [0.5, 0.6) is 5.75 Å². The van der Waals surface area contributed by atoms with Gasteiger partial charge in [0.1, 0.15) is 5.75 Å². The van der Waals surface area contributed by atoms with Crippen molar-refractivity contribution in [1.29, 1.82) is 0 Å². The Balaban J connectivity index is 1.87. The topological polar surface area (TPSA) is 21.3 Å². The zero-order chi connectivity index (χ0) is 11.0. The van der Waals surface area contributed by atoms with Crippen LogP contribution in [0.2, 0.25) is 0 Å². The number of benzene rings is 1. The van der Waals surface area contributed by atoms with Crippen LogP contribution < -0.4 is 10.1 Å². The Kier molecular flexibility index (Phi) is 2.40. The molecule has 0 amide bonds. The van der Waals surface area contributed by atoms with Crippen LogP contribution in [0.4, 0.5) is 0 Å². The summed E-state index contributed by atoms with van der Waals surface area (Å²) < 4.78 is 5.30. The van der Waals surface area contributed by atoms with E-state index in [1.807, 2.05) is 0 Å². The van der Waals surface area contributed by atoms with Gasteiger partial charge in [0.15, 0.2) is 0 Å². The first-order valence-electron chi connectivity index (χ1n) is 6.18. The van der Waals surface area contributed by atoms with Gasteiger partial charge in [-0.2, -0.15) is 0 Å². The monoisotopic (exact) mass is 217 g/mol. The van der Waals surface area contributed by atoms with Crippen molar-refractivity contribution in [3.05, 3.63) is 29.3 Å². The average molecular weight is 217 g/mol. The van der Waals surface area contributed by atoms with Crippen LogP contribution in [0.15, 0.2) is 18.2 Å². The van der Waals surface area contributed by atoms with Gasteiger partial charge < -0.3 is 10.1 Å². The molecule has 2 nitrogen and oxygen atoms in total. The maximum atomic E-state index is 5.30. The molecule has 0 unspecified atom stereocenters. The first kappa shape index (κ1) is 10.2. The molecule has 1 aliphatic carbocycles. The summed E-state index contributed by atoms with van der Waals surface area (Å²) in [5.74, 6) is 1.00. The number of ether oxygens (including phenoxy) is 1. The number of hydrogen-bond acceptors (Lipinski definition) is 2. The minimum absolute atomic E-state index is 0.556. The molecule has 1 spiro atoms.